The summed E-state index contributed by atoms with van der Waals surface area (Å²) >= 11 is 0. The Bertz CT molecular complexity index is 1180. The van der Waals surface area contributed by atoms with Crippen molar-refractivity contribution in [2.24, 2.45) is 5.92 Å². The van der Waals surface area contributed by atoms with Crippen molar-refractivity contribution in [3.63, 3.8) is 0 Å². The van der Waals surface area contributed by atoms with Crippen molar-refractivity contribution in [2.45, 2.75) is 109 Å². The fraction of sp³-hybridized carbons (Fsp3) is 0.667. The fourth-order valence-corrected chi connectivity index (χ4v) is 6.31. The summed E-state index contributed by atoms with van der Waals surface area (Å²) in [6.07, 6.45) is 9.20. The number of carboxylic acid groups (broad SMARTS) is 1. The highest BCUT2D eigenvalue weighted by atomic mass is 16.6. The molecule has 10 heteroatoms. The van der Waals surface area contributed by atoms with Gasteiger partial charge in [0.05, 0.1) is 17.8 Å². The van der Waals surface area contributed by atoms with Crippen LogP contribution < -0.4 is 10.6 Å². The smallest absolute Gasteiger partial charge is 0.408 e. The number of carboxylic acids is 1. The normalized spacial score (nSPS) is 24.8. The molecule has 2 aliphatic carbocycles. The van der Waals surface area contributed by atoms with Crippen LogP contribution in [0, 0.1) is 19.8 Å². The van der Waals surface area contributed by atoms with Crippen molar-refractivity contribution in [1.82, 2.24) is 20.1 Å². The summed E-state index contributed by atoms with van der Waals surface area (Å²) < 4.78 is 13.6. The highest BCUT2D eigenvalue weighted by Crippen LogP contribution is 2.34. The van der Waals surface area contributed by atoms with Gasteiger partial charge in [-0.25, -0.2) is 14.6 Å². The van der Waals surface area contributed by atoms with Crippen LogP contribution in [0.15, 0.2) is 18.2 Å². The number of anilines is 1. The van der Waals surface area contributed by atoms with Gasteiger partial charge in [0.2, 0.25) is 0 Å². The summed E-state index contributed by atoms with van der Waals surface area (Å²) in [4.78, 5) is 29.3. The van der Waals surface area contributed by atoms with E-state index in [-0.39, 0.29) is 31.3 Å². The second kappa shape index (κ2) is 13.0. The molecule has 1 unspecified atom stereocenters. The number of pyridine rings is 1. The Morgan fingerprint density at radius 3 is 2.80 bits per heavy atom. The number of nitrogens with one attached hydrogen (secondary N) is 2. The Balaban J connectivity index is 1.01. The lowest BCUT2D eigenvalue weighted by atomic mass is 9.79. The van der Waals surface area contributed by atoms with E-state index in [9.17, 15) is 14.7 Å². The van der Waals surface area contributed by atoms with Crippen molar-refractivity contribution in [1.29, 1.82) is 0 Å². The molecule has 1 aliphatic heterocycles. The first-order valence-electron chi connectivity index (χ1n) is 14.9. The first kappa shape index (κ1) is 28.4. The number of alkyl carbamates (subject to hydrolysis) is 1. The summed E-state index contributed by atoms with van der Waals surface area (Å²) in [6, 6.07) is 5.28. The van der Waals surface area contributed by atoms with Gasteiger partial charge in [0.1, 0.15) is 18.0 Å². The Morgan fingerprint density at radius 1 is 1.20 bits per heavy atom. The molecule has 10 nitrogen and oxygen atoms in total. The number of carbonyl (C=O) groups excluding carboxylic acids is 1. The van der Waals surface area contributed by atoms with Gasteiger partial charge in [-0.15, -0.1) is 0 Å². The minimum Gasteiger partial charge on any atom is -0.480 e. The maximum absolute atomic E-state index is 12.7. The Morgan fingerprint density at radius 2 is 2.02 bits per heavy atom. The van der Waals surface area contributed by atoms with Gasteiger partial charge in [0.25, 0.3) is 0 Å². The van der Waals surface area contributed by atoms with Gasteiger partial charge in [0, 0.05) is 31.0 Å². The van der Waals surface area contributed by atoms with E-state index in [1.54, 1.807) is 0 Å². The van der Waals surface area contributed by atoms with E-state index >= 15 is 0 Å². The average Bonchev–Trinajstić information content (AvgIpc) is 3.26. The van der Waals surface area contributed by atoms with Gasteiger partial charge >= 0.3 is 12.1 Å². The van der Waals surface area contributed by atoms with Crippen molar-refractivity contribution in [2.75, 3.05) is 18.5 Å². The van der Waals surface area contributed by atoms with Gasteiger partial charge in [-0.2, -0.15) is 5.10 Å². The predicted octanol–water partition coefficient (Wildman–Crippen LogP) is 4.73. The lowest BCUT2D eigenvalue weighted by molar-refractivity contribution is -0.140. The molecule has 5 rings (SSSR count). The molecule has 0 radical (unpaired) electrons. The van der Waals surface area contributed by atoms with Crippen LogP contribution in [0.2, 0.25) is 0 Å². The molecule has 3 heterocycles. The highest BCUT2D eigenvalue weighted by molar-refractivity contribution is 5.79. The Kier molecular flexibility index (Phi) is 9.24. The van der Waals surface area contributed by atoms with Crippen LogP contribution >= 0.6 is 0 Å². The number of hydrogen-bond acceptors (Lipinski definition) is 7. The van der Waals surface area contributed by atoms with Crippen LogP contribution in [0.25, 0.3) is 0 Å². The molecule has 3 N–H and O–H groups in total. The maximum Gasteiger partial charge on any atom is 0.408 e. The minimum absolute atomic E-state index is 0.0360. The third-order valence-electron chi connectivity index (χ3n) is 8.59. The molecule has 0 spiro atoms. The number of nitrogens with zero attached hydrogens (tertiary/aromatic N) is 3. The third kappa shape index (κ3) is 7.13. The van der Waals surface area contributed by atoms with E-state index in [2.05, 4.69) is 27.9 Å². The van der Waals surface area contributed by atoms with E-state index in [4.69, 9.17) is 14.5 Å². The Labute approximate surface area is 236 Å². The molecule has 0 saturated heterocycles. The van der Waals surface area contributed by atoms with E-state index < -0.39 is 18.1 Å². The van der Waals surface area contributed by atoms with E-state index in [0.29, 0.717) is 5.92 Å². The lowest BCUT2D eigenvalue weighted by Gasteiger charge is -2.35. The number of amides is 1. The molecule has 218 valence electrons. The van der Waals surface area contributed by atoms with Crippen LogP contribution in [0.3, 0.4) is 0 Å². The molecule has 2 saturated carbocycles. The molecule has 3 atom stereocenters. The monoisotopic (exact) mass is 553 g/mol. The van der Waals surface area contributed by atoms with Crippen molar-refractivity contribution in [3.05, 3.63) is 40.8 Å². The van der Waals surface area contributed by atoms with Crippen LogP contribution in [0.4, 0.5) is 10.6 Å². The second-order valence-electron chi connectivity index (χ2n) is 11.7. The number of aliphatic carboxylic acids is 1. The van der Waals surface area contributed by atoms with E-state index in [1.165, 1.54) is 5.56 Å². The summed E-state index contributed by atoms with van der Waals surface area (Å²) in [5.41, 5.74) is 4.41. The maximum atomic E-state index is 12.7. The topological polar surface area (TPSA) is 128 Å². The largest absolute Gasteiger partial charge is 0.480 e. The number of aryl methyl sites for hydroxylation is 4. The zero-order chi connectivity index (χ0) is 28.1. The number of fused-ring (bicyclic) bond motifs is 1. The lowest BCUT2D eigenvalue weighted by Crippen LogP contribution is -2.45. The molecule has 1 amide bonds. The molecule has 0 bridgehead atoms. The number of hydrogen-bond donors (Lipinski definition) is 3. The van der Waals surface area contributed by atoms with Gasteiger partial charge in [-0.1, -0.05) is 12.5 Å². The SMILES string of the molecule is Cc1cc(C)n([C@@H]2CCCC[C@H]2OC(=O)NC(CCO[C@H]2C[C@H](CCc3ccc4c(n3)NCCC4)C2)C(=O)O)n1. The first-order valence-corrected chi connectivity index (χ1v) is 14.9. The standard InChI is InChI=1S/C30H43N5O5/c1-19-16-20(2)35(34-19)26-7-3-4-8-27(26)40-30(38)33-25(29(36)37)13-15-39-24-17-21(18-24)9-11-23-12-10-22-6-5-14-31-28(22)32-23/h10,12,16,21,24-27H,3-9,11,13-15,17-18H2,1-2H3,(H,31,32)(H,33,38)(H,36,37)/t21-,24-,25?,26-,27-/m1/s1. The van der Waals surface area contributed by atoms with Gasteiger partial charge in [-0.3, -0.25) is 4.68 Å². The number of aromatic nitrogens is 3. The average molecular weight is 554 g/mol. The molecule has 2 aromatic heterocycles. The van der Waals surface area contributed by atoms with Gasteiger partial charge in [-0.05, 0) is 95.2 Å². The fourth-order valence-electron chi connectivity index (χ4n) is 6.31. The molecule has 3 aliphatic rings. The summed E-state index contributed by atoms with van der Waals surface area (Å²) in [5.74, 6) is 0.563. The van der Waals surface area contributed by atoms with Gasteiger partial charge in [0.15, 0.2) is 0 Å². The van der Waals surface area contributed by atoms with E-state index in [1.807, 2.05) is 24.6 Å². The quantitative estimate of drug-likeness (QED) is 0.364. The van der Waals surface area contributed by atoms with Crippen LogP contribution in [0.5, 0.6) is 0 Å². The molecular formula is C30H43N5O5. The highest BCUT2D eigenvalue weighted by Gasteiger charge is 2.33. The number of ether oxygens (including phenoxy) is 2. The van der Waals surface area contributed by atoms with Crippen LogP contribution in [-0.4, -0.2) is 63.3 Å². The van der Waals surface area contributed by atoms with E-state index in [0.717, 1.165) is 93.7 Å². The molecule has 40 heavy (non-hydrogen) atoms. The van der Waals surface area contributed by atoms with Crippen molar-refractivity contribution in [3.8, 4) is 0 Å². The van der Waals surface area contributed by atoms with Crippen molar-refractivity contribution >= 4 is 17.9 Å². The zero-order valence-electron chi connectivity index (χ0n) is 23.7. The number of rotatable bonds is 11. The summed E-state index contributed by atoms with van der Waals surface area (Å²) in [5, 5.41) is 20.2. The number of carbonyl (C=O) groups is 2. The molecule has 0 aromatic carbocycles. The Hall–Kier alpha value is -3.14. The third-order valence-corrected chi connectivity index (χ3v) is 8.59. The summed E-state index contributed by atoms with van der Waals surface area (Å²) in [6.45, 7) is 5.23. The molecule has 2 aromatic rings. The predicted molar refractivity (Wildman–Crippen MR) is 150 cm³/mol. The van der Waals surface area contributed by atoms with Crippen LogP contribution in [0.1, 0.15) is 86.5 Å². The molecular weight excluding hydrogens is 510 g/mol. The molecule has 2 fully saturated rings. The van der Waals surface area contributed by atoms with Crippen molar-refractivity contribution < 1.29 is 24.2 Å². The first-order chi connectivity index (χ1) is 19.4. The summed E-state index contributed by atoms with van der Waals surface area (Å²) in [7, 11) is 0. The van der Waals surface area contributed by atoms with Gasteiger partial charge < -0.3 is 25.2 Å². The zero-order valence-corrected chi connectivity index (χ0v) is 23.7. The minimum atomic E-state index is -1.09. The van der Waals surface area contributed by atoms with Crippen LogP contribution in [-0.2, 0) is 27.1 Å². The second-order valence-corrected chi connectivity index (χ2v) is 11.7.